The predicted octanol–water partition coefficient (Wildman–Crippen LogP) is 0.336. The van der Waals surface area contributed by atoms with E-state index in [9.17, 15) is 14.4 Å². The van der Waals surface area contributed by atoms with Crippen LogP contribution < -0.4 is 10.6 Å². The van der Waals surface area contributed by atoms with E-state index < -0.39 is 12.1 Å². The summed E-state index contributed by atoms with van der Waals surface area (Å²) < 4.78 is 5.29. The van der Waals surface area contributed by atoms with Gasteiger partial charge in [-0.05, 0) is 12.0 Å². The van der Waals surface area contributed by atoms with Crippen LogP contribution in [0.5, 0.6) is 0 Å². The Kier molecular flexibility index (Phi) is 6.78. The number of imide groups is 1. The van der Waals surface area contributed by atoms with Gasteiger partial charge in [-0.1, -0.05) is 30.3 Å². The van der Waals surface area contributed by atoms with Gasteiger partial charge in [0.25, 0.3) is 5.91 Å². The highest BCUT2D eigenvalue weighted by Gasteiger charge is 2.37. The van der Waals surface area contributed by atoms with Crippen LogP contribution in [0.4, 0.5) is 4.79 Å². The van der Waals surface area contributed by atoms with E-state index in [1.165, 1.54) is 4.90 Å². The largest absolute Gasteiger partial charge is 0.379 e. The molecule has 0 unspecified atom stereocenters. The molecule has 2 fully saturated rings. The van der Waals surface area contributed by atoms with E-state index in [4.69, 9.17) is 4.74 Å². The summed E-state index contributed by atoms with van der Waals surface area (Å²) in [5, 5.41) is 5.54. The van der Waals surface area contributed by atoms with Gasteiger partial charge in [0.1, 0.15) is 6.04 Å². The van der Waals surface area contributed by atoms with E-state index in [1.54, 1.807) is 0 Å². The van der Waals surface area contributed by atoms with Crippen molar-refractivity contribution in [1.82, 2.24) is 20.4 Å². The van der Waals surface area contributed by atoms with E-state index in [1.807, 2.05) is 30.3 Å². The fourth-order valence-corrected chi connectivity index (χ4v) is 3.23. The average Bonchev–Trinajstić information content (AvgIpc) is 2.95. The van der Waals surface area contributed by atoms with E-state index >= 15 is 0 Å². The number of hydrogen-bond acceptors (Lipinski definition) is 5. The third kappa shape index (κ3) is 5.51. The lowest BCUT2D eigenvalue weighted by Gasteiger charge is -2.26. The second-order valence-electron chi connectivity index (χ2n) is 6.75. The Balaban J connectivity index is 1.38. The Hall–Kier alpha value is -2.45. The minimum Gasteiger partial charge on any atom is -0.379 e. The molecule has 0 bridgehead atoms. The number of urea groups is 1. The Morgan fingerprint density at radius 2 is 1.93 bits per heavy atom. The van der Waals surface area contributed by atoms with Crippen LogP contribution >= 0.6 is 0 Å². The van der Waals surface area contributed by atoms with Crippen molar-refractivity contribution in [2.45, 2.75) is 25.4 Å². The molecule has 1 aromatic carbocycles. The number of ether oxygens (including phenoxy) is 1. The summed E-state index contributed by atoms with van der Waals surface area (Å²) in [4.78, 5) is 40.0. The zero-order valence-electron chi connectivity index (χ0n) is 15.4. The number of carbonyl (C=O) groups is 3. The summed E-state index contributed by atoms with van der Waals surface area (Å²) in [6, 6.07) is 8.33. The lowest BCUT2D eigenvalue weighted by atomic mass is 10.1. The highest BCUT2D eigenvalue weighted by Crippen LogP contribution is 2.15. The first-order valence-electron chi connectivity index (χ1n) is 9.36. The Labute approximate surface area is 158 Å². The molecule has 2 aliphatic heterocycles. The molecule has 0 saturated carbocycles. The van der Waals surface area contributed by atoms with Crippen LogP contribution in [0.25, 0.3) is 0 Å². The summed E-state index contributed by atoms with van der Waals surface area (Å²) in [6.45, 7) is 4.84. The van der Waals surface area contributed by atoms with E-state index in [0.717, 1.165) is 38.4 Å². The molecule has 0 aliphatic carbocycles. The van der Waals surface area contributed by atoms with Gasteiger partial charge in [-0.25, -0.2) is 4.79 Å². The molecule has 0 spiro atoms. The zero-order valence-corrected chi connectivity index (χ0v) is 15.4. The van der Waals surface area contributed by atoms with Crippen LogP contribution in [0.1, 0.15) is 18.4 Å². The van der Waals surface area contributed by atoms with Crippen LogP contribution in [0.15, 0.2) is 30.3 Å². The third-order valence-electron chi connectivity index (χ3n) is 4.80. The molecule has 1 atom stereocenters. The lowest BCUT2D eigenvalue weighted by molar-refractivity contribution is -0.128. The van der Waals surface area contributed by atoms with Crippen molar-refractivity contribution in [3.8, 4) is 0 Å². The number of carbonyl (C=O) groups excluding carboxylic acids is 3. The van der Waals surface area contributed by atoms with Crippen molar-refractivity contribution in [2.75, 3.05) is 39.4 Å². The molecular formula is C19H26N4O4. The van der Waals surface area contributed by atoms with Gasteiger partial charge in [-0.3, -0.25) is 19.4 Å². The van der Waals surface area contributed by atoms with Crippen molar-refractivity contribution in [1.29, 1.82) is 0 Å². The fourth-order valence-electron chi connectivity index (χ4n) is 3.23. The van der Waals surface area contributed by atoms with Crippen molar-refractivity contribution in [3.63, 3.8) is 0 Å². The topological polar surface area (TPSA) is 91.0 Å². The molecule has 8 nitrogen and oxygen atoms in total. The molecule has 4 amide bonds. The van der Waals surface area contributed by atoms with Crippen LogP contribution in [-0.2, 0) is 20.9 Å². The second kappa shape index (κ2) is 9.48. The third-order valence-corrected chi connectivity index (χ3v) is 4.80. The number of benzene rings is 1. The number of nitrogens with one attached hydrogen (secondary N) is 2. The molecule has 0 aromatic heterocycles. The van der Waals surface area contributed by atoms with Crippen molar-refractivity contribution >= 4 is 17.8 Å². The molecule has 146 valence electrons. The smallest absolute Gasteiger partial charge is 0.325 e. The summed E-state index contributed by atoms with van der Waals surface area (Å²) >= 11 is 0. The Morgan fingerprint density at radius 1 is 1.19 bits per heavy atom. The van der Waals surface area contributed by atoms with Crippen LogP contribution in [0.2, 0.25) is 0 Å². The zero-order chi connectivity index (χ0) is 19.1. The first-order valence-corrected chi connectivity index (χ1v) is 9.36. The van der Waals surface area contributed by atoms with Crippen molar-refractivity contribution in [3.05, 3.63) is 35.9 Å². The molecule has 27 heavy (non-hydrogen) atoms. The second-order valence-corrected chi connectivity index (χ2v) is 6.75. The highest BCUT2D eigenvalue weighted by atomic mass is 16.5. The Bertz CT molecular complexity index is 661. The molecule has 3 rings (SSSR count). The summed E-state index contributed by atoms with van der Waals surface area (Å²) in [6.07, 6.45) is 0.512. The van der Waals surface area contributed by atoms with Gasteiger partial charge in [-0.15, -0.1) is 0 Å². The van der Waals surface area contributed by atoms with Crippen LogP contribution in [-0.4, -0.2) is 73.1 Å². The fraction of sp³-hybridized carbons (Fsp3) is 0.526. The van der Waals surface area contributed by atoms with Gasteiger partial charge >= 0.3 is 6.03 Å². The van der Waals surface area contributed by atoms with E-state index in [2.05, 4.69) is 15.5 Å². The maximum atomic E-state index is 12.4. The highest BCUT2D eigenvalue weighted by molar-refractivity contribution is 6.04. The molecular weight excluding hydrogens is 348 g/mol. The van der Waals surface area contributed by atoms with Gasteiger partial charge < -0.3 is 15.4 Å². The first kappa shape index (κ1) is 19.3. The average molecular weight is 374 g/mol. The normalized spacial score (nSPS) is 20.6. The van der Waals surface area contributed by atoms with Gasteiger partial charge in [-0.2, -0.15) is 0 Å². The SMILES string of the molecule is O=C(CC[C@H]1NC(=O)N(Cc2ccccc2)C1=O)NCCN1CCOCC1. The minimum atomic E-state index is -0.633. The summed E-state index contributed by atoms with van der Waals surface area (Å²) in [7, 11) is 0. The standard InChI is InChI=1S/C19H26N4O4/c24-17(20-8-9-22-10-12-27-13-11-22)7-6-16-18(25)23(19(26)21-16)14-15-4-2-1-3-5-15/h1-5,16H,6-14H2,(H,20,24)(H,21,26)/t16-/m1/s1. The quantitative estimate of drug-likeness (QED) is 0.640. The lowest BCUT2D eigenvalue weighted by Crippen LogP contribution is -2.41. The number of morpholine rings is 1. The molecule has 8 heteroatoms. The van der Waals surface area contributed by atoms with Gasteiger partial charge in [0, 0.05) is 32.6 Å². The molecule has 2 heterocycles. The van der Waals surface area contributed by atoms with E-state index in [-0.39, 0.29) is 24.8 Å². The first-order chi connectivity index (χ1) is 13.1. The monoisotopic (exact) mass is 374 g/mol. The summed E-state index contributed by atoms with van der Waals surface area (Å²) in [5.74, 6) is -0.378. The molecule has 2 saturated heterocycles. The molecule has 1 aromatic rings. The predicted molar refractivity (Wildman–Crippen MR) is 98.8 cm³/mol. The van der Waals surface area contributed by atoms with Gasteiger partial charge in [0.05, 0.1) is 19.8 Å². The maximum absolute atomic E-state index is 12.4. The van der Waals surface area contributed by atoms with Crippen molar-refractivity contribution < 1.29 is 19.1 Å². The van der Waals surface area contributed by atoms with Gasteiger partial charge in [0.15, 0.2) is 0 Å². The number of nitrogens with zero attached hydrogens (tertiary/aromatic N) is 2. The summed E-state index contributed by atoms with van der Waals surface area (Å²) in [5.41, 5.74) is 0.891. The number of amides is 4. The number of rotatable bonds is 8. The van der Waals surface area contributed by atoms with Gasteiger partial charge in [0.2, 0.25) is 5.91 Å². The molecule has 2 aliphatic rings. The van der Waals surface area contributed by atoms with Crippen molar-refractivity contribution in [2.24, 2.45) is 0 Å². The molecule has 2 N–H and O–H groups in total. The van der Waals surface area contributed by atoms with Crippen LogP contribution in [0, 0.1) is 0 Å². The van der Waals surface area contributed by atoms with Crippen LogP contribution in [0.3, 0.4) is 0 Å². The number of hydrogen-bond donors (Lipinski definition) is 2. The molecule has 0 radical (unpaired) electrons. The maximum Gasteiger partial charge on any atom is 0.325 e. The minimum absolute atomic E-state index is 0.105. The Morgan fingerprint density at radius 3 is 2.67 bits per heavy atom. The van der Waals surface area contributed by atoms with E-state index in [0.29, 0.717) is 13.0 Å².